The summed E-state index contributed by atoms with van der Waals surface area (Å²) in [6, 6.07) is 10.5. The van der Waals surface area contributed by atoms with Crippen LogP contribution in [0.25, 0.3) is 0 Å². The lowest BCUT2D eigenvalue weighted by Crippen LogP contribution is -2.44. The third-order valence-electron chi connectivity index (χ3n) is 5.71. The number of aromatic nitrogens is 1. The van der Waals surface area contributed by atoms with Crippen LogP contribution in [0.2, 0.25) is 0 Å². The Hall–Kier alpha value is -1.23. The van der Waals surface area contributed by atoms with Crippen molar-refractivity contribution in [1.29, 1.82) is 0 Å². The summed E-state index contributed by atoms with van der Waals surface area (Å²) in [7, 11) is 2.16. The Balaban J connectivity index is 1.91. The maximum absolute atomic E-state index is 12.1. The van der Waals surface area contributed by atoms with E-state index in [1.54, 1.807) is 0 Å². The van der Waals surface area contributed by atoms with Gasteiger partial charge >= 0.3 is 0 Å². The molecule has 1 saturated heterocycles. The van der Waals surface area contributed by atoms with E-state index in [2.05, 4.69) is 57.1 Å². The molecule has 1 aromatic carbocycles. The van der Waals surface area contributed by atoms with Gasteiger partial charge in [0.15, 0.2) is 0 Å². The number of rotatable bonds is 1. The molecule has 24 heavy (non-hydrogen) atoms. The number of hydrogen-bond acceptors (Lipinski definition) is 3. The number of pyridine rings is 1. The second-order valence-corrected chi connectivity index (χ2v) is 8.07. The van der Waals surface area contributed by atoms with Crippen LogP contribution in [-0.2, 0) is 18.4 Å². The van der Waals surface area contributed by atoms with Gasteiger partial charge in [-0.25, -0.2) is 0 Å². The number of benzene rings is 1. The van der Waals surface area contributed by atoms with Gasteiger partial charge in [0.1, 0.15) is 5.60 Å². The zero-order valence-electron chi connectivity index (χ0n) is 14.0. The van der Waals surface area contributed by atoms with Crippen molar-refractivity contribution in [2.45, 2.75) is 31.3 Å². The van der Waals surface area contributed by atoms with Gasteiger partial charge < -0.3 is 10.0 Å². The van der Waals surface area contributed by atoms with Gasteiger partial charge in [-0.1, -0.05) is 28.1 Å². The second kappa shape index (κ2) is 6.25. The Morgan fingerprint density at radius 1 is 1.17 bits per heavy atom. The number of fused-ring (bicyclic) bond motifs is 2. The lowest BCUT2D eigenvalue weighted by molar-refractivity contribution is -0.0148. The fourth-order valence-electron chi connectivity index (χ4n) is 4.34. The Morgan fingerprint density at radius 3 is 2.71 bits per heavy atom. The topological polar surface area (TPSA) is 36.4 Å². The van der Waals surface area contributed by atoms with Gasteiger partial charge in [0, 0.05) is 16.6 Å². The van der Waals surface area contributed by atoms with Gasteiger partial charge in [0.05, 0.1) is 5.69 Å². The SMILES string of the molecule is CN1CCC(C2(O)c3cc(Br)ccc3CCc3cccnc32)CC1. The largest absolute Gasteiger partial charge is 0.378 e. The van der Waals surface area contributed by atoms with E-state index in [-0.39, 0.29) is 5.92 Å². The number of nitrogens with zero attached hydrogens (tertiary/aromatic N) is 2. The molecule has 2 aliphatic rings. The van der Waals surface area contributed by atoms with Gasteiger partial charge in [-0.2, -0.15) is 0 Å². The lowest BCUT2D eigenvalue weighted by Gasteiger charge is -2.41. The van der Waals surface area contributed by atoms with Crippen molar-refractivity contribution in [3.63, 3.8) is 0 Å². The first-order valence-electron chi connectivity index (χ1n) is 8.73. The van der Waals surface area contributed by atoms with E-state index in [4.69, 9.17) is 0 Å². The molecule has 1 unspecified atom stereocenters. The van der Waals surface area contributed by atoms with Gasteiger partial charge in [0.2, 0.25) is 0 Å². The molecule has 1 aliphatic carbocycles. The number of aliphatic hydroxyl groups is 1. The Labute approximate surface area is 151 Å². The fraction of sp³-hybridized carbons (Fsp3) is 0.450. The molecule has 0 bridgehead atoms. The van der Waals surface area contributed by atoms with Crippen LogP contribution in [0, 0.1) is 5.92 Å². The normalized spacial score (nSPS) is 25.0. The molecule has 1 aromatic heterocycles. The summed E-state index contributed by atoms with van der Waals surface area (Å²) in [5, 5.41) is 12.1. The zero-order chi connectivity index (χ0) is 16.7. The Morgan fingerprint density at radius 2 is 1.92 bits per heavy atom. The number of aryl methyl sites for hydroxylation is 2. The molecular weight excluding hydrogens is 364 g/mol. The highest BCUT2D eigenvalue weighted by Gasteiger charge is 2.45. The van der Waals surface area contributed by atoms with Crippen LogP contribution in [0.5, 0.6) is 0 Å². The summed E-state index contributed by atoms with van der Waals surface area (Å²) in [5.41, 5.74) is 3.36. The van der Waals surface area contributed by atoms with Crippen molar-refractivity contribution in [3.05, 3.63) is 63.4 Å². The molecule has 1 N–H and O–H groups in total. The molecule has 0 radical (unpaired) electrons. The van der Waals surface area contributed by atoms with Crippen LogP contribution in [0.3, 0.4) is 0 Å². The van der Waals surface area contributed by atoms with Crippen molar-refractivity contribution in [1.82, 2.24) is 9.88 Å². The number of hydrogen-bond donors (Lipinski definition) is 1. The molecule has 2 aromatic rings. The smallest absolute Gasteiger partial charge is 0.135 e. The van der Waals surface area contributed by atoms with E-state index in [1.807, 2.05) is 12.3 Å². The molecule has 1 atom stereocenters. The van der Waals surface area contributed by atoms with E-state index in [0.29, 0.717) is 0 Å². The van der Waals surface area contributed by atoms with Gasteiger partial charge in [-0.15, -0.1) is 0 Å². The predicted molar refractivity (Wildman–Crippen MR) is 99.0 cm³/mol. The van der Waals surface area contributed by atoms with Crippen molar-refractivity contribution < 1.29 is 5.11 Å². The van der Waals surface area contributed by atoms with E-state index in [9.17, 15) is 5.11 Å². The maximum Gasteiger partial charge on any atom is 0.135 e. The quantitative estimate of drug-likeness (QED) is 0.814. The molecular formula is C20H23BrN2O. The molecule has 3 nitrogen and oxygen atoms in total. The number of likely N-dealkylation sites (tertiary alicyclic amines) is 1. The van der Waals surface area contributed by atoms with Gasteiger partial charge in [0.25, 0.3) is 0 Å². The summed E-state index contributed by atoms with van der Waals surface area (Å²) < 4.78 is 1.02. The first kappa shape index (κ1) is 16.2. The Kier molecular flexibility index (Phi) is 4.23. The minimum atomic E-state index is -0.993. The summed E-state index contributed by atoms with van der Waals surface area (Å²) >= 11 is 3.60. The first-order chi connectivity index (χ1) is 11.6. The lowest BCUT2D eigenvalue weighted by atomic mass is 9.72. The van der Waals surface area contributed by atoms with Crippen LogP contribution < -0.4 is 0 Å². The molecule has 126 valence electrons. The Bertz CT molecular complexity index is 755. The number of piperidine rings is 1. The highest BCUT2D eigenvalue weighted by molar-refractivity contribution is 9.10. The molecule has 0 saturated carbocycles. The van der Waals surface area contributed by atoms with E-state index < -0.39 is 5.60 Å². The molecule has 0 amide bonds. The number of halogens is 1. The second-order valence-electron chi connectivity index (χ2n) is 7.16. The summed E-state index contributed by atoms with van der Waals surface area (Å²) in [4.78, 5) is 7.02. The van der Waals surface area contributed by atoms with E-state index in [0.717, 1.165) is 54.5 Å². The van der Waals surface area contributed by atoms with Crippen LogP contribution in [-0.4, -0.2) is 35.1 Å². The van der Waals surface area contributed by atoms with Crippen molar-refractivity contribution in [2.75, 3.05) is 20.1 Å². The average Bonchev–Trinajstić information content (AvgIpc) is 2.72. The van der Waals surface area contributed by atoms with Crippen molar-refractivity contribution >= 4 is 15.9 Å². The standard InChI is InChI=1S/C20H23BrN2O/c1-23-11-8-16(9-12-23)20(24)18-13-17(21)7-6-14(18)4-5-15-3-2-10-22-19(15)20/h2-3,6-7,10,13,16,24H,4-5,8-9,11-12H2,1H3. The molecule has 2 heterocycles. The van der Waals surface area contributed by atoms with Crippen LogP contribution in [0.15, 0.2) is 41.0 Å². The summed E-state index contributed by atoms with van der Waals surface area (Å²) in [6.45, 7) is 2.05. The van der Waals surface area contributed by atoms with Crippen LogP contribution in [0.4, 0.5) is 0 Å². The van der Waals surface area contributed by atoms with Crippen molar-refractivity contribution in [2.24, 2.45) is 5.92 Å². The molecule has 4 heteroatoms. The van der Waals surface area contributed by atoms with E-state index >= 15 is 0 Å². The average molecular weight is 387 g/mol. The summed E-state index contributed by atoms with van der Waals surface area (Å²) in [5.74, 6) is 0.202. The van der Waals surface area contributed by atoms with Gasteiger partial charge in [-0.3, -0.25) is 4.98 Å². The van der Waals surface area contributed by atoms with E-state index in [1.165, 1.54) is 11.1 Å². The molecule has 1 fully saturated rings. The zero-order valence-corrected chi connectivity index (χ0v) is 15.6. The van der Waals surface area contributed by atoms with Crippen LogP contribution in [0.1, 0.15) is 35.2 Å². The minimum absolute atomic E-state index is 0.202. The molecule has 1 aliphatic heterocycles. The third-order valence-corrected chi connectivity index (χ3v) is 6.20. The highest BCUT2D eigenvalue weighted by Crippen LogP contribution is 2.46. The summed E-state index contributed by atoms with van der Waals surface area (Å²) in [6.07, 6.45) is 5.70. The van der Waals surface area contributed by atoms with Crippen LogP contribution >= 0.6 is 15.9 Å². The maximum atomic E-state index is 12.1. The molecule has 4 rings (SSSR count). The predicted octanol–water partition coefficient (Wildman–Crippen LogP) is 3.52. The fourth-order valence-corrected chi connectivity index (χ4v) is 4.70. The monoisotopic (exact) mass is 386 g/mol. The first-order valence-corrected chi connectivity index (χ1v) is 9.52. The molecule has 0 spiro atoms. The van der Waals surface area contributed by atoms with Gasteiger partial charge in [-0.05, 0) is 80.7 Å². The third kappa shape index (κ3) is 2.61. The minimum Gasteiger partial charge on any atom is -0.378 e. The van der Waals surface area contributed by atoms with Crippen molar-refractivity contribution in [3.8, 4) is 0 Å². The highest BCUT2D eigenvalue weighted by atomic mass is 79.9.